The molecule has 5 heteroatoms. The van der Waals surface area contributed by atoms with E-state index >= 15 is 0 Å². The van der Waals surface area contributed by atoms with Crippen molar-refractivity contribution >= 4 is 29.4 Å². The fraction of sp³-hybridized carbons (Fsp3) is 0.190. The standard InChI is InChI=1S/C21H20N2O3/c1-13(2)16-6-4-15(5-7-16)12-19-14(3)22-23(20(19)24)18-10-8-17(9-11-18)21(25)26/h4-13H,1-3H3,(H,25,26)/b19-12-. The molecule has 1 N–H and O–H groups in total. The smallest absolute Gasteiger partial charge is 0.335 e. The van der Waals surface area contributed by atoms with Crippen LogP contribution in [0.1, 0.15) is 48.2 Å². The van der Waals surface area contributed by atoms with Crippen molar-refractivity contribution < 1.29 is 14.7 Å². The minimum Gasteiger partial charge on any atom is -0.478 e. The van der Waals surface area contributed by atoms with Crippen molar-refractivity contribution in [3.63, 3.8) is 0 Å². The number of benzene rings is 2. The molecule has 0 bridgehead atoms. The van der Waals surface area contributed by atoms with Crippen LogP contribution >= 0.6 is 0 Å². The lowest BCUT2D eigenvalue weighted by Gasteiger charge is -2.11. The Labute approximate surface area is 152 Å². The molecule has 1 aliphatic rings. The molecule has 1 aliphatic heterocycles. The minimum atomic E-state index is -1.01. The van der Waals surface area contributed by atoms with E-state index in [1.807, 2.05) is 18.2 Å². The number of nitrogens with zero attached hydrogens (tertiary/aromatic N) is 2. The Morgan fingerprint density at radius 1 is 1.08 bits per heavy atom. The van der Waals surface area contributed by atoms with Crippen LogP contribution in [0.25, 0.3) is 6.08 Å². The van der Waals surface area contributed by atoms with Gasteiger partial charge in [0.1, 0.15) is 0 Å². The summed E-state index contributed by atoms with van der Waals surface area (Å²) in [4.78, 5) is 23.7. The molecule has 0 saturated carbocycles. The van der Waals surface area contributed by atoms with Crippen LogP contribution in [0.3, 0.4) is 0 Å². The van der Waals surface area contributed by atoms with E-state index in [2.05, 4.69) is 31.1 Å². The first kappa shape index (κ1) is 17.6. The van der Waals surface area contributed by atoms with Gasteiger partial charge in [-0.05, 0) is 54.3 Å². The summed E-state index contributed by atoms with van der Waals surface area (Å²) < 4.78 is 0. The van der Waals surface area contributed by atoms with Crippen LogP contribution < -0.4 is 5.01 Å². The number of anilines is 1. The van der Waals surface area contributed by atoms with Gasteiger partial charge in [-0.2, -0.15) is 10.1 Å². The van der Waals surface area contributed by atoms with Crippen LogP contribution in [-0.4, -0.2) is 22.7 Å². The highest BCUT2D eigenvalue weighted by Crippen LogP contribution is 2.25. The number of amides is 1. The number of carboxylic acids is 1. The normalized spacial score (nSPS) is 15.7. The second kappa shape index (κ2) is 6.96. The third kappa shape index (κ3) is 3.42. The Morgan fingerprint density at radius 2 is 1.69 bits per heavy atom. The van der Waals surface area contributed by atoms with Gasteiger partial charge in [-0.3, -0.25) is 4.79 Å². The molecule has 0 aliphatic carbocycles. The fourth-order valence-corrected chi connectivity index (χ4v) is 2.75. The van der Waals surface area contributed by atoms with E-state index in [1.54, 1.807) is 19.1 Å². The summed E-state index contributed by atoms with van der Waals surface area (Å²) in [6.07, 6.45) is 1.83. The maximum absolute atomic E-state index is 12.7. The first-order valence-electron chi connectivity index (χ1n) is 8.42. The number of rotatable bonds is 4. The fourth-order valence-electron chi connectivity index (χ4n) is 2.75. The monoisotopic (exact) mass is 348 g/mol. The molecule has 0 fully saturated rings. The molecule has 26 heavy (non-hydrogen) atoms. The van der Waals surface area contributed by atoms with Gasteiger partial charge in [0.15, 0.2) is 0 Å². The highest BCUT2D eigenvalue weighted by molar-refractivity contribution is 6.32. The summed E-state index contributed by atoms with van der Waals surface area (Å²) in [5.41, 5.74) is 4.06. The Bertz CT molecular complexity index is 907. The van der Waals surface area contributed by atoms with Crippen LogP contribution in [0.2, 0.25) is 0 Å². The summed E-state index contributed by atoms with van der Waals surface area (Å²) in [6, 6.07) is 14.2. The average Bonchev–Trinajstić information content (AvgIpc) is 2.90. The van der Waals surface area contributed by atoms with Crippen LogP contribution in [0.4, 0.5) is 5.69 Å². The lowest BCUT2D eigenvalue weighted by molar-refractivity contribution is -0.114. The number of hydrogen-bond acceptors (Lipinski definition) is 3. The van der Waals surface area contributed by atoms with Crippen LogP contribution in [0.5, 0.6) is 0 Å². The first-order valence-corrected chi connectivity index (χ1v) is 8.42. The predicted molar refractivity (Wildman–Crippen MR) is 103 cm³/mol. The zero-order valence-electron chi connectivity index (χ0n) is 14.9. The zero-order chi connectivity index (χ0) is 18.8. The van der Waals surface area contributed by atoms with Gasteiger partial charge in [-0.15, -0.1) is 0 Å². The number of carbonyl (C=O) groups is 2. The molecule has 5 nitrogen and oxygen atoms in total. The molecular formula is C21H20N2O3. The molecule has 0 atom stereocenters. The third-order valence-electron chi connectivity index (χ3n) is 4.34. The Balaban J connectivity index is 1.86. The van der Waals surface area contributed by atoms with E-state index in [-0.39, 0.29) is 11.5 Å². The topological polar surface area (TPSA) is 70.0 Å². The van der Waals surface area contributed by atoms with Crippen LogP contribution in [0, 0.1) is 0 Å². The van der Waals surface area contributed by atoms with Gasteiger partial charge >= 0.3 is 5.97 Å². The number of aromatic carboxylic acids is 1. The van der Waals surface area contributed by atoms with Gasteiger partial charge in [0.2, 0.25) is 0 Å². The molecule has 132 valence electrons. The van der Waals surface area contributed by atoms with E-state index in [0.29, 0.717) is 22.9 Å². The Hall–Kier alpha value is -3.21. The van der Waals surface area contributed by atoms with Gasteiger partial charge < -0.3 is 5.11 Å². The minimum absolute atomic E-state index is 0.169. The molecule has 0 unspecified atom stereocenters. The van der Waals surface area contributed by atoms with Gasteiger partial charge in [0.25, 0.3) is 5.91 Å². The van der Waals surface area contributed by atoms with E-state index in [4.69, 9.17) is 5.11 Å². The van der Waals surface area contributed by atoms with Crippen molar-refractivity contribution in [1.82, 2.24) is 0 Å². The molecule has 2 aromatic rings. The second-order valence-electron chi connectivity index (χ2n) is 6.53. The van der Waals surface area contributed by atoms with E-state index in [9.17, 15) is 9.59 Å². The summed E-state index contributed by atoms with van der Waals surface area (Å²) in [6.45, 7) is 6.06. The van der Waals surface area contributed by atoms with E-state index in [0.717, 1.165) is 5.56 Å². The van der Waals surface area contributed by atoms with Gasteiger partial charge in [-0.1, -0.05) is 38.1 Å². The van der Waals surface area contributed by atoms with Crippen LogP contribution in [0.15, 0.2) is 59.2 Å². The first-order chi connectivity index (χ1) is 12.4. The molecule has 0 aromatic heterocycles. The highest BCUT2D eigenvalue weighted by atomic mass is 16.4. The maximum atomic E-state index is 12.7. The van der Waals surface area contributed by atoms with Crippen molar-refractivity contribution in [3.05, 3.63) is 70.8 Å². The molecule has 2 aromatic carbocycles. The number of hydrazone groups is 1. The van der Waals surface area contributed by atoms with Gasteiger partial charge in [0.05, 0.1) is 22.5 Å². The SMILES string of the molecule is CC1=NN(c2ccc(C(=O)O)cc2)C(=O)/C1=C\c1ccc(C(C)C)cc1. The third-order valence-corrected chi connectivity index (χ3v) is 4.34. The van der Waals surface area contributed by atoms with Crippen molar-refractivity contribution in [1.29, 1.82) is 0 Å². The largest absolute Gasteiger partial charge is 0.478 e. The van der Waals surface area contributed by atoms with Crippen molar-refractivity contribution in [2.75, 3.05) is 5.01 Å². The summed E-state index contributed by atoms with van der Waals surface area (Å²) in [7, 11) is 0. The Kier molecular flexibility index (Phi) is 4.71. The van der Waals surface area contributed by atoms with E-state index in [1.165, 1.54) is 22.7 Å². The molecule has 0 spiro atoms. The summed E-state index contributed by atoms with van der Waals surface area (Å²) in [5, 5.41) is 14.6. The Morgan fingerprint density at radius 3 is 2.23 bits per heavy atom. The lowest BCUT2D eigenvalue weighted by atomic mass is 10.0. The second-order valence-corrected chi connectivity index (χ2v) is 6.53. The van der Waals surface area contributed by atoms with Crippen LogP contribution in [-0.2, 0) is 4.79 Å². The number of carboxylic acid groups (broad SMARTS) is 1. The van der Waals surface area contributed by atoms with Crippen molar-refractivity contribution in [2.24, 2.45) is 5.10 Å². The van der Waals surface area contributed by atoms with Crippen molar-refractivity contribution in [3.8, 4) is 0 Å². The highest BCUT2D eigenvalue weighted by Gasteiger charge is 2.28. The summed E-state index contributed by atoms with van der Waals surface area (Å²) in [5.74, 6) is -0.773. The predicted octanol–water partition coefficient (Wildman–Crippen LogP) is 4.31. The molecule has 0 saturated heterocycles. The van der Waals surface area contributed by atoms with Gasteiger partial charge in [-0.25, -0.2) is 4.79 Å². The van der Waals surface area contributed by atoms with Crippen molar-refractivity contribution in [2.45, 2.75) is 26.7 Å². The molecule has 1 heterocycles. The molecule has 3 rings (SSSR count). The average molecular weight is 348 g/mol. The number of hydrogen-bond donors (Lipinski definition) is 1. The molecular weight excluding hydrogens is 328 g/mol. The quantitative estimate of drug-likeness (QED) is 0.837. The summed E-state index contributed by atoms with van der Waals surface area (Å²) >= 11 is 0. The lowest BCUT2D eigenvalue weighted by Crippen LogP contribution is -2.21. The zero-order valence-corrected chi connectivity index (χ0v) is 14.9. The maximum Gasteiger partial charge on any atom is 0.335 e. The number of carbonyl (C=O) groups excluding carboxylic acids is 1. The van der Waals surface area contributed by atoms with E-state index < -0.39 is 5.97 Å². The molecule has 1 amide bonds. The molecule has 0 radical (unpaired) electrons. The van der Waals surface area contributed by atoms with Gasteiger partial charge in [0, 0.05) is 0 Å².